The molecular formula is C18H29N3O. The molecule has 0 aliphatic carbocycles. The van der Waals surface area contributed by atoms with Crippen LogP contribution in [-0.2, 0) is 6.54 Å². The Labute approximate surface area is 134 Å². The molecule has 1 aromatic rings. The first-order valence-corrected chi connectivity index (χ1v) is 8.65. The summed E-state index contributed by atoms with van der Waals surface area (Å²) in [7, 11) is 1.72. The van der Waals surface area contributed by atoms with E-state index < -0.39 is 0 Å². The Hall–Kier alpha value is -1.10. The molecule has 0 aromatic heterocycles. The van der Waals surface area contributed by atoms with Gasteiger partial charge < -0.3 is 10.1 Å². The van der Waals surface area contributed by atoms with Crippen molar-refractivity contribution in [3.05, 3.63) is 29.8 Å². The van der Waals surface area contributed by atoms with Gasteiger partial charge in [-0.05, 0) is 63.1 Å². The van der Waals surface area contributed by atoms with Gasteiger partial charge in [0, 0.05) is 25.7 Å². The maximum absolute atomic E-state index is 5.23. The van der Waals surface area contributed by atoms with E-state index in [2.05, 4.69) is 39.4 Å². The van der Waals surface area contributed by atoms with Crippen LogP contribution in [0.3, 0.4) is 0 Å². The van der Waals surface area contributed by atoms with Gasteiger partial charge in [0.15, 0.2) is 0 Å². The SMILES string of the molecule is COc1ccc(CN2CCC(N3CCCNCC3)CC2)cc1. The number of ether oxygens (including phenoxy) is 1. The van der Waals surface area contributed by atoms with Gasteiger partial charge in [-0.15, -0.1) is 0 Å². The van der Waals surface area contributed by atoms with Gasteiger partial charge >= 0.3 is 0 Å². The Kier molecular flexibility index (Phi) is 5.70. The third-order valence-electron chi connectivity index (χ3n) is 5.01. The van der Waals surface area contributed by atoms with Gasteiger partial charge in [0.2, 0.25) is 0 Å². The molecule has 22 heavy (non-hydrogen) atoms. The van der Waals surface area contributed by atoms with Gasteiger partial charge in [-0.1, -0.05) is 12.1 Å². The molecule has 2 fully saturated rings. The standard InChI is InChI=1S/C18H29N3O/c1-22-18-5-3-16(4-6-18)15-20-12-7-17(8-13-20)21-11-2-9-19-10-14-21/h3-6,17,19H,2,7-15H2,1H3. The van der Waals surface area contributed by atoms with Crippen LogP contribution in [0.4, 0.5) is 0 Å². The molecular weight excluding hydrogens is 274 g/mol. The molecule has 1 aromatic carbocycles. The van der Waals surface area contributed by atoms with Crippen LogP contribution >= 0.6 is 0 Å². The number of nitrogens with zero attached hydrogens (tertiary/aromatic N) is 2. The summed E-state index contributed by atoms with van der Waals surface area (Å²) in [5, 5.41) is 3.50. The van der Waals surface area contributed by atoms with E-state index in [0.717, 1.165) is 24.9 Å². The lowest BCUT2D eigenvalue weighted by atomic mass is 10.0. The first-order chi connectivity index (χ1) is 10.8. The zero-order valence-corrected chi connectivity index (χ0v) is 13.8. The van der Waals surface area contributed by atoms with Gasteiger partial charge in [0.05, 0.1) is 7.11 Å². The third kappa shape index (κ3) is 4.22. The minimum Gasteiger partial charge on any atom is -0.497 e. The smallest absolute Gasteiger partial charge is 0.118 e. The van der Waals surface area contributed by atoms with Crippen LogP contribution in [0.2, 0.25) is 0 Å². The first kappa shape index (κ1) is 15.8. The normalized spacial score (nSPS) is 22.4. The Bertz CT molecular complexity index is 432. The zero-order chi connectivity index (χ0) is 15.2. The van der Waals surface area contributed by atoms with Crippen molar-refractivity contribution >= 4 is 0 Å². The lowest BCUT2D eigenvalue weighted by molar-refractivity contribution is 0.109. The van der Waals surface area contributed by atoms with E-state index in [4.69, 9.17) is 4.74 Å². The van der Waals surface area contributed by atoms with E-state index in [-0.39, 0.29) is 0 Å². The third-order valence-corrected chi connectivity index (χ3v) is 5.01. The Morgan fingerprint density at radius 2 is 1.82 bits per heavy atom. The van der Waals surface area contributed by atoms with Crippen molar-refractivity contribution in [1.82, 2.24) is 15.1 Å². The van der Waals surface area contributed by atoms with Crippen molar-refractivity contribution in [2.24, 2.45) is 0 Å². The van der Waals surface area contributed by atoms with Crippen LogP contribution < -0.4 is 10.1 Å². The lowest BCUT2D eigenvalue weighted by Gasteiger charge is -2.38. The van der Waals surface area contributed by atoms with Crippen LogP contribution in [0.15, 0.2) is 24.3 Å². The van der Waals surface area contributed by atoms with Gasteiger partial charge in [0.25, 0.3) is 0 Å². The van der Waals surface area contributed by atoms with Crippen LogP contribution in [0.1, 0.15) is 24.8 Å². The summed E-state index contributed by atoms with van der Waals surface area (Å²) in [4.78, 5) is 5.30. The highest BCUT2D eigenvalue weighted by Crippen LogP contribution is 2.20. The van der Waals surface area contributed by atoms with E-state index >= 15 is 0 Å². The molecule has 0 unspecified atom stereocenters. The second kappa shape index (κ2) is 7.95. The second-order valence-electron chi connectivity index (χ2n) is 6.49. The minimum atomic E-state index is 0.798. The number of methoxy groups -OCH3 is 1. The number of rotatable bonds is 4. The molecule has 0 atom stereocenters. The van der Waals surface area contributed by atoms with Crippen molar-refractivity contribution < 1.29 is 4.74 Å². The minimum absolute atomic E-state index is 0.798. The molecule has 2 saturated heterocycles. The molecule has 122 valence electrons. The van der Waals surface area contributed by atoms with Crippen molar-refractivity contribution in [2.75, 3.05) is 46.4 Å². The Balaban J connectivity index is 1.46. The maximum atomic E-state index is 5.23. The van der Waals surface area contributed by atoms with Gasteiger partial charge in [0.1, 0.15) is 5.75 Å². The van der Waals surface area contributed by atoms with Crippen molar-refractivity contribution in [2.45, 2.75) is 31.8 Å². The number of hydrogen-bond donors (Lipinski definition) is 1. The number of hydrogen-bond acceptors (Lipinski definition) is 4. The number of likely N-dealkylation sites (tertiary alicyclic amines) is 1. The fourth-order valence-corrected chi connectivity index (χ4v) is 3.66. The largest absolute Gasteiger partial charge is 0.497 e. The van der Waals surface area contributed by atoms with Gasteiger partial charge in [-0.3, -0.25) is 9.80 Å². The molecule has 0 saturated carbocycles. The molecule has 0 amide bonds. The van der Waals surface area contributed by atoms with Crippen molar-refractivity contribution in [1.29, 1.82) is 0 Å². The summed E-state index contributed by atoms with van der Waals surface area (Å²) < 4.78 is 5.23. The van der Waals surface area contributed by atoms with Crippen LogP contribution in [0, 0.1) is 0 Å². The predicted molar refractivity (Wildman–Crippen MR) is 90.4 cm³/mol. The van der Waals surface area contributed by atoms with E-state index in [1.807, 2.05) is 0 Å². The average molecular weight is 303 g/mol. The van der Waals surface area contributed by atoms with E-state index in [1.165, 1.54) is 57.5 Å². The summed E-state index contributed by atoms with van der Waals surface area (Å²) >= 11 is 0. The fourth-order valence-electron chi connectivity index (χ4n) is 3.66. The van der Waals surface area contributed by atoms with Crippen molar-refractivity contribution in [3.8, 4) is 5.75 Å². The molecule has 0 bridgehead atoms. The summed E-state index contributed by atoms with van der Waals surface area (Å²) in [6, 6.07) is 9.29. The Morgan fingerprint density at radius 3 is 2.55 bits per heavy atom. The van der Waals surface area contributed by atoms with Crippen LogP contribution in [0.5, 0.6) is 5.75 Å². The molecule has 4 heteroatoms. The summed E-state index contributed by atoms with van der Waals surface area (Å²) in [6.45, 7) is 8.36. The molecule has 2 aliphatic rings. The monoisotopic (exact) mass is 303 g/mol. The van der Waals surface area contributed by atoms with Crippen molar-refractivity contribution in [3.63, 3.8) is 0 Å². The van der Waals surface area contributed by atoms with Gasteiger partial charge in [-0.25, -0.2) is 0 Å². The molecule has 1 N–H and O–H groups in total. The molecule has 2 heterocycles. The summed E-state index contributed by atoms with van der Waals surface area (Å²) in [5.41, 5.74) is 1.39. The molecule has 4 nitrogen and oxygen atoms in total. The number of piperidine rings is 1. The first-order valence-electron chi connectivity index (χ1n) is 8.65. The van der Waals surface area contributed by atoms with Crippen LogP contribution in [-0.4, -0.2) is 62.2 Å². The Morgan fingerprint density at radius 1 is 1.05 bits per heavy atom. The topological polar surface area (TPSA) is 27.7 Å². The maximum Gasteiger partial charge on any atom is 0.118 e. The molecule has 2 aliphatic heterocycles. The highest BCUT2D eigenvalue weighted by atomic mass is 16.5. The fraction of sp³-hybridized carbons (Fsp3) is 0.667. The summed E-state index contributed by atoms with van der Waals surface area (Å²) in [6.07, 6.45) is 3.93. The quantitative estimate of drug-likeness (QED) is 0.920. The van der Waals surface area contributed by atoms with Gasteiger partial charge in [-0.2, -0.15) is 0 Å². The predicted octanol–water partition coefficient (Wildman–Crippen LogP) is 1.95. The number of benzene rings is 1. The molecule has 3 rings (SSSR count). The van der Waals surface area contributed by atoms with Crippen LogP contribution in [0.25, 0.3) is 0 Å². The zero-order valence-electron chi connectivity index (χ0n) is 13.8. The highest BCUT2D eigenvalue weighted by Gasteiger charge is 2.24. The highest BCUT2D eigenvalue weighted by molar-refractivity contribution is 5.27. The van der Waals surface area contributed by atoms with E-state index in [9.17, 15) is 0 Å². The second-order valence-corrected chi connectivity index (χ2v) is 6.49. The average Bonchev–Trinajstić information content (AvgIpc) is 2.86. The summed E-state index contributed by atoms with van der Waals surface area (Å²) in [5.74, 6) is 0.942. The molecule has 0 spiro atoms. The molecule has 0 radical (unpaired) electrons. The van der Waals surface area contributed by atoms with E-state index in [1.54, 1.807) is 7.11 Å². The lowest BCUT2D eigenvalue weighted by Crippen LogP contribution is -2.45. The number of nitrogens with one attached hydrogen (secondary N) is 1. The van der Waals surface area contributed by atoms with E-state index in [0.29, 0.717) is 0 Å².